The Morgan fingerprint density at radius 3 is 2.19 bits per heavy atom. The van der Waals surface area contributed by atoms with E-state index in [9.17, 15) is 9.59 Å². The van der Waals surface area contributed by atoms with Crippen LogP contribution in [-0.2, 0) is 22.6 Å². The van der Waals surface area contributed by atoms with E-state index in [4.69, 9.17) is 16.3 Å². The van der Waals surface area contributed by atoms with Crippen molar-refractivity contribution in [3.63, 3.8) is 0 Å². The van der Waals surface area contributed by atoms with E-state index < -0.39 is 11.6 Å². The number of rotatable bonds is 9. The zero-order chi connectivity index (χ0) is 27.2. The third kappa shape index (κ3) is 8.34. The lowest BCUT2D eigenvalue weighted by atomic mass is 10.0. The van der Waals surface area contributed by atoms with E-state index in [1.165, 1.54) is 0 Å². The van der Waals surface area contributed by atoms with Crippen LogP contribution < -0.4 is 10.1 Å². The molecule has 0 aliphatic rings. The quantitative estimate of drug-likeness (QED) is 0.306. The first-order valence-electron chi connectivity index (χ1n) is 12.2. The average molecular weight is 586 g/mol. The monoisotopic (exact) mass is 584 g/mol. The number of nitrogens with zero attached hydrogens (tertiary/aromatic N) is 1. The molecule has 1 N–H and O–H groups in total. The summed E-state index contributed by atoms with van der Waals surface area (Å²) < 4.78 is 6.95. The number of halogens is 2. The molecule has 5 nitrogen and oxygen atoms in total. The first kappa shape index (κ1) is 28.7. The zero-order valence-corrected chi connectivity index (χ0v) is 24.3. The Bertz CT molecular complexity index is 1220. The van der Waals surface area contributed by atoms with E-state index in [0.717, 1.165) is 26.7 Å². The van der Waals surface area contributed by atoms with Crippen LogP contribution in [-0.4, -0.2) is 34.9 Å². The van der Waals surface area contributed by atoms with Crippen LogP contribution in [0, 0.1) is 13.8 Å². The van der Waals surface area contributed by atoms with E-state index in [-0.39, 0.29) is 25.0 Å². The highest BCUT2D eigenvalue weighted by Gasteiger charge is 2.32. The van der Waals surface area contributed by atoms with Crippen molar-refractivity contribution >= 4 is 39.3 Å². The Morgan fingerprint density at radius 1 is 1.00 bits per heavy atom. The van der Waals surface area contributed by atoms with Crippen molar-refractivity contribution in [1.82, 2.24) is 10.2 Å². The van der Waals surface area contributed by atoms with Crippen molar-refractivity contribution in [1.29, 1.82) is 0 Å². The molecule has 196 valence electrons. The molecule has 0 aliphatic heterocycles. The number of carbonyl (C=O) groups excluding carboxylic acids is 2. The second-order valence-electron chi connectivity index (χ2n) is 10.2. The summed E-state index contributed by atoms with van der Waals surface area (Å²) in [6.07, 6.45) is 0.357. The van der Waals surface area contributed by atoms with Gasteiger partial charge in [-0.15, -0.1) is 0 Å². The maximum atomic E-state index is 13.7. The fraction of sp³-hybridized carbons (Fsp3) is 0.333. The smallest absolute Gasteiger partial charge is 0.261 e. The van der Waals surface area contributed by atoms with Crippen LogP contribution in [0.1, 0.15) is 43.0 Å². The third-order valence-corrected chi connectivity index (χ3v) is 7.46. The number of carbonyl (C=O) groups is 2. The van der Waals surface area contributed by atoms with Gasteiger partial charge in [-0.3, -0.25) is 9.59 Å². The van der Waals surface area contributed by atoms with Crippen molar-refractivity contribution in [3.05, 3.63) is 98.5 Å². The average Bonchev–Trinajstić information content (AvgIpc) is 2.83. The molecule has 2 amide bonds. The molecule has 0 fully saturated rings. The van der Waals surface area contributed by atoms with Crippen LogP contribution in [0.2, 0.25) is 5.02 Å². The zero-order valence-electron chi connectivity index (χ0n) is 22.0. The Kier molecular flexibility index (Phi) is 9.80. The summed E-state index contributed by atoms with van der Waals surface area (Å²) in [5.41, 5.74) is 3.28. The normalized spacial score (nSPS) is 12.1. The fourth-order valence-corrected chi connectivity index (χ4v) is 4.46. The van der Waals surface area contributed by atoms with Gasteiger partial charge in [0.1, 0.15) is 11.8 Å². The molecule has 0 saturated carbocycles. The number of amides is 2. The molecule has 0 unspecified atom stereocenters. The number of aryl methyl sites for hydroxylation is 2. The molecule has 7 heteroatoms. The van der Waals surface area contributed by atoms with Crippen LogP contribution in [0.15, 0.2) is 71.2 Å². The minimum absolute atomic E-state index is 0.176. The van der Waals surface area contributed by atoms with Gasteiger partial charge in [0.25, 0.3) is 5.91 Å². The Balaban J connectivity index is 1.95. The van der Waals surface area contributed by atoms with E-state index in [2.05, 4.69) is 21.2 Å². The molecule has 0 heterocycles. The minimum Gasteiger partial charge on any atom is -0.484 e. The largest absolute Gasteiger partial charge is 0.484 e. The van der Waals surface area contributed by atoms with Crippen LogP contribution in [0.4, 0.5) is 0 Å². The molecule has 3 aromatic carbocycles. The van der Waals surface area contributed by atoms with Crippen LogP contribution >= 0.6 is 27.5 Å². The molecule has 1 atom stereocenters. The number of nitrogens with one attached hydrogen (secondary N) is 1. The lowest BCUT2D eigenvalue weighted by Crippen LogP contribution is -2.55. The van der Waals surface area contributed by atoms with E-state index >= 15 is 0 Å². The van der Waals surface area contributed by atoms with Gasteiger partial charge in [-0.25, -0.2) is 0 Å². The second kappa shape index (κ2) is 12.6. The molecule has 0 spiro atoms. The second-order valence-corrected chi connectivity index (χ2v) is 11.4. The Morgan fingerprint density at radius 2 is 1.59 bits per heavy atom. The van der Waals surface area contributed by atoms with E-state index in [0.29, 0.717) is 17.2 Å². The van der Waals surface area contributed by atoms with Gasteiger partial charge in [-0.2, -0.15) is 0 Å². The molecule has 3 rings (SSSR count). The molecule has 0 radical (unpaired) electrons. The third-order valence-electron chi connectivity index (χ3n) is 5.84. The highest BCUT2D eigenvalue weighted by atomic mass is 79.9. The summed E-state index contributed by atoms with van der Waals surface area (Å²) in [6, 6.07) is 20.1. The molecular weight excluding hydrogens is 552 g/mol. The van der Waals surface area contributed by atoms with Gasteiger partial charge in [0.05, 0.1) is 0 Å². The lowest BCUT2D eigenvalue weighted by Gasteiger charge is -2.34. The standard InChI is InChI=1S/C30H34BrClN2O3/c1-20-15-24(16-21(2)28(20)31)37-19-27(35)34(18-23-13-9-10-14-25(23)32)26(29(36)33-30(3,4)5)17-22-11-7-6-8-12-22/h6-16,26H,17-19H2,1-5H3,(H,33,36)/t26-/m0/s1. The minimum atomic E-state index is -0.762. The highest BCUT2D eigenvalue weighted by Crippen LogP contribution is 2.27. The molecule has 0 aromatic heterocycles. The van der Waals surface area contributed by atoms with Crippen molar-refractivity contribution in [3.8, 4) is 5.75 Å². The van der Waals surface area contributed by atoms with Crippen LogP contribution in [0.5, 0.6) is 5.75 Å². The molecule has 37 heavy (non-hydrogen) atoms. The highest BCUT2D eigenvalue weighted by molar-refractivity contribution is 9.10. The lowest BCUT2D eigenvalue weighted by molar-refractivity contribution is -0.143. The van der Waals surface area contributed by atoms with Crippen molar-refractivity contribution in [2.75, 3.05) is 6.61 Å². The molecule has 0 saturated heterocycles. The van der Waals surface area contributed by atoms with E-state index in [1.54, 1.807) is 11.0 Å². The Labute approximate surface area is 233 Å². The SMILES string of the molecule is Cc1cc(OCC(=O)N(Cc2ccccc2Cl)[C@@H](Cc2ccccc2)C(=O)NC(C)(C)C)cc(C)c1Br. The van der Waals surface area contributed by atoms with Gasteiger partial charge in [-0.05, 0) is 75.1 Å². The van der Waals surface area contributed by atoms with Crippen molar-refractivity contribution < 1.29 is 14.3 Å². The summed E-state index contributed by atoms with van der Waals surface area (Å²) in [7, 11) is 0. The summed E-state index contributed by atoms with van der Waals surface area (Å²) in [6.45, 7) is 9.68. The van der Waals surface area contributed by atoms with Crippen LogP contribution in [0.25, 0.3) is 0 Å². The number of ether oxygens (including phenoxy) is 1. The first-order chi connectivity index (χ1) is 17.4. The maximum Gasteiger partial charge on any atom is 0.261 e. The fourth-order valence-electron chi connectivity index (χ4n) is 4.03. The van der Waals surface area contributed by atoms with Gasteiger partial charge >= 0.3 is 0 Å². The summed E-state index contributed by atoms with van der Waals surface area (Å²) in [5, 5.41) is 3.60. The number of hydrogen-bond donors (Lipinski definition) is 1. The summed E-state index contributed by atoms with van der Waals surface area (Å²) in [5.74, 6) is 0.0678. The van der Waals surface area contributed by atoms with Gasteiger partial charge in [0.2, 0.25) is 5.91 Å². The first-order valence-corrected chi connectivity index (χ1v) is 13.4. The molecule has 0 bridgehead atoms. The molecule has 3 aromatic rings. The van der Waals surface area contributed by atoms with Crippen molar-refractivity contribution in [2.24, 2.45) is 0 Å². The molecular formula is C30H34BrClN2O3. The van der Waals surface area contributed by atoms with Gasteiger partial charge in [0, 0.05) is 28.0 Å². The van der Waals surface area contributed by atoms with Crippen LogP contribution in [0.3, 0.4) is 0 Å². The van der Waals surface area contributed by atoms with Gasteiger partial charge in [-0.1, -0.05) is 76.1 Å². The van der Waals surface area contributed by atoms with Crippen molar-refractivity contribution in [2.45, 2.75) is 59.2 Å². The molecule has 0 aliphatic carbocycles. The number of benzene rings is 3. The van der Waals surface area contributed by atoms with Gasteiger partial charge < -0.3 is 15.0 Å². The predicted octanol–water partition coefficient (Wildman–Crippen LogP) is 6.65. The topological polar surface area (TPSA) is 58.6 Å². The maximum absolute atomic E-state index is 13.7. The van der Waals surface area contributed by atoms with Gasteiger partial charge in [0.15, 0.2) is 6.61 Å². The summed E-state index contributed by atoms with van der Waals surface area (Å²) in [4.78, 5) is 28.9. The Hall–Kier alpha value is -2.83. The van der Waals surface area contributed by atoms with E-state index in [1.807, 2.05) is 95.3 Å². The summed E-state index contributed by atoms with van der Waals surface area (Å²) >= 11 is 10.0. The number of hydrogen-bond acceptors (Lipinski definition) is 3. The predicted molar refractivity (Wildman–Crippen MR) is 153 cm³/mol.